The van der Waals surface area contributed by atoms with E-state index in [0.29, 0.717) is 5.69 Å². The molecule has 9 heteroatoms. The molecule has 0 unspecified atom stereocenters. The Balaban J connectivity index is 1.89. The molecule has 1 saturated heterocycles. The molecule has 1 aliphatic heterocycles. The summed E-state index contributed by atoms with van der Waals surface area (Å²) in [6.07, 6.45) is 0. The Kier molecular flexibility index (Phi) is 4.77. The smallest absolute Gasteiger partial charge is 0.261 e. The Morgan fingerprint density at radius 2 is 1.59 bits per heavy atom. The second kappa shape index (κ2) is 6.65. The highest BCUT2D eigenvalue weighted by molar-refractivity contribution is 7.94. The molecule has 0 spiro atoms. The van der Waals surface area contributed by atoms with E-state index in [1.165, 1.54) is 24.3 Å². The minimum absolute atomic E-state index is 0.0255. The number of amides is 1. The summed E-state index contributed by atoms with van der Waals surface area (Å²) in [5.74, 6) is -1.39. The standard InChI is InChI=1S/C18H20N2O5S2/c1-12-8-13(2)10-15(9-12)19-27(24,25)17-6-4-16(5-7-17)20-18(21)14(3)11-26(20,22)23/h4-10,14,19H,11H2,1-3H3/t14-/m0/s1. The van der Waals surface area contributed by atoms with Crippen molar-refractivity contribution in [2.75, 3.05) is 14.8 Å². The molecule has 2 aromatic carbocycles. The lowest BCUT2D eigenvalue weighted by Crippen LogP contribution is -2.30. The van der Waals surface area contributed by atoms with Gasteiger partial charge in [-0.2, -0.15) is 0 Å². The van der Waals surface area contributed by atoms with Gasteiger partial charge in [0.05, 0.1) is 22.3 Å². The highest BCUT2D eigenvalue weighted by atomic mass is 32.2. The number of nitrogens with one attached hydrogen (secondary N) is 1. The van der Waals surface area contributed by atoms with Crippen molar-refractivity contribution in [3.8, 4) is 0 Å². The van der Waals surface area contributed by atoms with Gasteiger partial charge in [0.25, 0.3) is 10.0 Å². The molecule has 1 heterocycles. The molecule has 1 amide bonds. The van der Waals surface area contributed by atoms with Gasteiger partial charge in [-0.15, -0.1) is 0 Å². The molecule has 1 fully saturated rings. The fourth-order valence-electron chi connectivity index (χ4n) is 3.10. The predicted octanol–water partition coefficient (Wildman–Crippen LogP) is 2.42. The summed E-state index contributed by atoms with van der Waals surface area (Å²) in [7, 11) is -7.57. The number of rotatable bonds is 4. The van der Waals surface area contributed by atoms with E-state index in [2.05, 4.69) is 4.72 Å². The lowest BCUT2D eigenvalue weighted by molar-refractivity contribution is -0.119. The number of anilines is 2. The third-order valence-electron chi connectivity index (χ3n) is 4.22. The second-order valence-corrected chi connectivity index (χ2v) is 10.3. The van der Waals surface area contributed by atoms with Crippen molar-refractivity contribution in [2.45, 2.75) is 25.7 Å². The molecule has 1 N–H and O–H groups in total. The number of hydrogen-bond donors (Lipinski definition) is 1. The zero-order valence-corrected chi connectivity index (χ0v) is 16.8. The molecule has 2 aromatic rings. The fraction of sp³-hybridized carbons (Fsp3) is 0.278. The highest BCUT2D eigenvalue weighted by Gasteiger charge is 2.41. The quantitative estimate of drug-likeness (QED) is 0.837. The largest absolute Gasteiger partial charge is 0.280 e. The monoisotopic (exact) mass is 408 g/mol. The molecular weight excluding hydrogens is 388 g/mol. The first-order valence-corrected chi connectivity index (χ1v) is 11.4. The third-order valence-corrected chi connectivity index (χ3v) is 7.48. The minimum Gasteiger partial charge on any atom is -0.280 e. The zero-order valence-electron chi connectivity index (χ0n) is 15.1. The third kappa shape index (κ3) is 3.84. The Morgan fingerprint density at radius 1 is 1.04 bits per heavy atom. The number of nitrogens with zero attached hydrogens (tertiary/aromatic N) is 1. The van der Waals surface area contributed by atoms with Gasteiger partial charge < -0.3 is 0 Å². The summed E-state index contributed by atoms with van der Waals surface area (Å²) >= 11 is 0. The molecule has 0 saturated carbocycles. The Labute approximate surface area is 159 Å². The SMILES string of the molecule is Cc1cc(C)cc(NS(=O)(=O)c2ccc(N3C(=O)[C@@H](C)CS3(=O)=O)cc2)c1. The Bertz CT molecular complexity index is 1090. The van der Waals surface area contributed by atoms with Crippen LogP contribution in [0.15, 0.2) is 47.4 Å². The lowest BCUT2D eigenvalue weighted by Gasteiger charge is -2.16. The van der Waals surface area contributed by atoms with E-state index in [0.717, 1.165) is 15.4 Å². The topological polar surface area (TPSA) is 101 Å². The number of aryl methyl sites for hydroxylation is 2. The molecule has 3 rings (SSSR count). The number of sulfonamides is 2. The van der Waals surface area contributed by atoms with Gasteiger partial charge in [-0.25, -0.2) is 21.1 Å². The maximum atomic E-state index is 12.6. The van der Waals surface area contributed by atoms with Crippen LogP contribution in [0, 0.1) is 19.8 Å². The van der Waals surface area contributed by atoms with Gasteiger partial charge in [0.1, 0.15) is 0 Å². The summed E-state index contributed by atoms with van der Waals surface area (Å²) in [5, 5.41) is 0. The molecule has 0 bridgehead atoms. The summed E-state index contributed by atoms with van der Waals surface area (Å²) in [6.45, 7) is 5.29. The Hall–Kier alpha value is -2.39. The van der Waals surface area contributed by atoms with Crippen LogP contribution >= 0.6 is 0 Å². The molecular formula is C18H20N2O5S2. The van der Waals surface area contributed by atoms with Crippen LogP contribution < -0.4 is 9.03 Å². The van der Waals surface area contributed by atoms with Gasteiger partial charge in [0.15, 0.2) is 0 Å². The number of carbonyl (C=O) groups excluding carboxylic acids is 1. The van der Waals surface area contributed by atoms with Gasteiger partial charge in [0.2, 0.25) is 15.9 Å². The van der Waals surface area contributed by atoms with Gasteiger partial charge in [-0.05, 0) is 61.4 Å². The van der Waals surface area contributed by atoms with Crippen LogP contribution in [0.25, 0.3) is 0 Å². The van der Waals surface area contributed by atoms with E-state index >= 15 is 0 Å². The van der Waals surface area contributed by atoms with Crippen molar-refractivity contribution in [1.82, 2.24) is 0 Å². The van der Waals surface area contributed by atoms with E-state index < -0.39 is 31.9 Å². The van der Waals surface area contributed by atoms with Crippen LogP contribution in [0.5, 0.6) is 0 Å². The van der Waals surface area contributed by atoms with Crippen LogP contribution in [0.3, 0.4) is 0 Å². The van der Waals surface area contributed by atoms with Gasteiger partial charge >= 0.3 is 0 Å². The van der Waals surface area contributed by atoms with Crippen LogP contribution in [0.1, 0.15) is 18.1 Å². The first-order valence-electron chi connectivity index (χ1n) is 8.28. The van der Waals surface area contributed by atoms with Crippen molar-refractivity contribution in [3.63, 3.8) is 0 Å². The molecule has 0 aromatic heterocycles. The average Bonchev–Trinajstić information content (AvgIpc) is 2.73. The number of hydrogen-bond acceptors (Lipinski definition) is 5. The second-order valence-electron chi connectivity index (χ2n) is 6.76. The van der Waals surface area contributed by atoms with Crippen LogP contribution in [-0.4, -0.2) is 28.5 Å². The van der Waals surface area contributed by atoms with Gasteiger partial charge in [-0.3, -0.25) is 9.52 Å². The summed E-state index contributed by atoms with van der Waals surface area (Å²) in [4.78, 5) is 12.1. The van der Waals surface area contributed by atoms with Crippen molar-refractivity contribution in [2.24, 2.45) is 5.92 Å². The molecule has 0 aliphatic carbocycles. The molecule has 27 heavy (non-hydrogen) atoms. The number of benzene rings is 2. The fourth-order valence-corrected chi connectivity index (χ4v) is 5.96. The van der Waals surface area contributed by atoms with E-state index in [1.54, 1.807) is 19.1 Å². The summed E-state index contributed by atoms with van der Waals surface area (Å²) in [6, 6.07) is 10.6. The van der Waals surface area contributed by atoms with E-state index in [1.807, 2.05) is 19.9 Å². The summed E-state index contributed by atoms with van der Waals surface area (Å²) < 4.78 is 52.7. The molecule has 0 radical (unpaired) electrons. The predicted molar refractivity (Wildman–Crippen MR) is 104 cm³/mol. The van der Waals surface area contributed by atoms with Crippen LogP contribution in [-0.2, 0) is 24.8 Å². The maximum absolute atomic E-state index is 12.6. The average molecular weight is 409 g/mol. The minimum atomic E-state index is -3.84. The van der Waals surface area contributed by atoms with Crippen LogP contribution in [0.2, 0.25) is 0 Å². The zero-order chi connectivity index (χ0) is 20.0. The molecule has 1 atom stereocenters. The van der Waals surface area contributed by atoms with Gasteiger partial charge in [0, 0.05) is 5.69 Å². The first-order chi connectivity index (χ1) is 12.5. The van der Waals surface area contributed by atoms with E-state index in [4.69, 9.17) is 0 Å². The molecule has 1 aliphatic rings. The normalized spacial score (nSPS) is 19.3. The Morgan fingerprint density at radius 3 is 2.07 bits per heavy atom. The van der Waals surface area contributed by atoms with Crippen molar-refractivity contribution < 1.29 is 21.6 Å². The number of carbonyl (C=O) groups is 1. The van der Waals surface area contributed by atoms with E-state index in [9.17, 15) is 21.6 Å². The van der Waals surface area contributed by atoms with E-state index in [-0.39, 0.29) is 16.3 Å². The van der Waals surface area contributed by atoms with Gasteiger partial charge in [-0.1, -0.05) is 13.0 Å². The van der Waals surface area contributed by atoms with Crippen molar-refractivity contribution in [1.29, 1.82) is 0 Å². The van der Waals surface area contributed by atoms with Crippen molar-refractivity contribution in [3.05, 3.63) is 53.6 Å². The highest BCUT2D eigenvalue weighted by Crippen LogP contribution is 2.29. The molecule has 144 valence electrons. The first kappa shape index (κ1) is 19.4. The lowest BCUT2D eigenvalue weighted by atomic mass is 10.1. The summed E-state index contributed by atoms with van der Waals surface area (Å²) in [5.41, 5.74) is 2.43. The van der Waals surface area contributed by atoms with Crippen molar-refractivity contribution >= 4 is 37.3 Å². The maximum Gasteiger partial charge on any atom is 0.261 e. The molecule has 7 nitrogen and oxygen atoms in total. The van der Waals surface area contributed by atoms with Crippen LogP contribution in [0.4, 0.5) is 11.4 Å².